The summed E-state index contributed by atoms with van der Waals surface area (Å²) in [4.78, 5) is 17.5. The number of Topliss-reactive ketones (excluding diaryl/α,β-unsaturated/α-hetero) is 1. The third-order valence-corrected chi connectivity index (χ3v) is 6.38. The fraction of sp³-hybridized carbons (Fsp3) is 0.208. The third kappa shape index (κ3) is 4.22. The van der Waals surface area contributed by atoms with Crippen LogP contribution in [0.25, 0.3) is 11.3 Å². The highest BCUT2D eigenvalue weighted by molar-refractivity contribution is 8.00. The molecule has 4 rings (SSSR count). The van der Waals surface area contributed by atoms with Crippen LogP contribution in [0.4, 0.5) is 0 Å². The van der Waals surface area contributed by atoms with Crippen molar-refractivity contribution >= 4 is 29.1 Å². The van der Waals surface area contributed by atoms with Crippen LogP contribution in [0.3, 0.4) is 0 Å². The average Bonchev–Trinajstić information content (AvgIpc) is 2.77. The molecule has 3 aromatic rings. The lowest BCUT2D eigenvalue weighted by Crippen LogP contribution is -2.11. The molecule has 144 valence electrons. The minimum Gasteiger partial charge on any atom is -0.293 e. The van der Waals surface area contributed by atoms with Crippen molar-refractivity contribution in [2.75, 3.05) is 5.75 Å². The number of nitrogens with zero attached hydrogens (tertiary/aromatic N) is 2. The second kappa shape index (κ2) is 8.82. The molecule has 1 heterocycles. The van der Waals surface area contributed by atoms with Gasteiger partial charge in [0.05, 0.1) is 17.0 Å². The van der Waals surface area contributed by atoms with E-state index in [-0.39, 0.29) is 11.5 Å². The Morgan fingerprint density at radius 3 is 2.41 bits per heavy atom. The topological polar surface area (TPSA) is 53.8 Å². The highest BCUT2D eigenvalue weighted by Gasteiger charge is 2.23. The zero-order chi connectivity index (χ0) is 20.2. The second-order valence-electron chi connectivity index (χ2n) is 7.00. The van der Waals surface area contributed by atoms with Gasteiger partial charge in [0, 0.05) is 16.1 Å². The molecule has 1 aliphatic rings. The van der Waals surface area contributed by atoms with Gasteiger partial charge in [-0.1, -0.05) is 53.7 Å². The van der Waals surface area contributed by atoms with Gasteiger partial charge in [-0.25, -0.2) is 4.98 Å². The molecule has 0 unspecified atom stereocenters. The van der Waals surface area contributed by atoms with Gasteiger partial charge in [0.1, 0.15) is 11.1 Å². The Bertz CT molecular complexity index is 1090. The molecule has 3 nitrogen and oxygen atoms in total. The standard InChI is InChI=1S/C24H19ClN2OS/c25-18-12-10-16(11-13-18)22(28)15-29-24-21(14-26)19-8-4-5-9-20(19)23(27-24)17-6-2-1-3-7-17/h1-3,6-7,10-13H,4-5,8-9,15H2. The number of pyridine rings is 1. The van der Waals surface area contributed by atoms with E-state index in [9.17, 15) is 10.1 Å². The largest absolute Gasteiger partial charge is 0.293 e. The minimum atomic E-state index is -0.00339. The molecule has 0 N–H and O–H groups in total. The Balaban J connectivity index is 1.70. The van der Waals surface area contributed by atoms with E-state index in [1.807, 2.05) is 18.2 Å². The molecule has 0 atom stereocenters. The SMILES string of the molecule is N#Cc1c(SCC(=O)c2ccc(Cl)cc2)nc(-c2ccccc2)c2c1CCCC2. The van der Waals surface area contributed by atoms with E-state index in [1.54, 1.807) is 24.3 Å². The molecule has 0 radical (unpaired) electrons. The summed E-state index contributed by atoms with van der Waals surface area (Å²) in [6, 6.07) is 19.3. The number of rotatable bonds is 5. The molecule has 1 aliphatic carbocycles. The zero-order valence-electron chi connectivity index (χ0n) is 15.8. The van der Waals surface area contributed by atoms with E-state index in [1.165, 1.54) is 17.3 Å². The van der Waals surface area contributed by atoms with E-state index >= 15 is 0 Å². The van der Waals surface area contributed by atoms with Crippen molar-refractivity contribution in [3.8, 4) is 17.3 Å². The summed E-state index contributed by atoms with van der Waals surface area (Å²) >= 11 is 7.25. The van der Waals surface area contributed by atoms with Crippen molar-refractivity contribution in [1.82, 2.24) is 4.98 Å². The Morgan fingerprint density at radius 2 is 1.72 bits per heavy atom. The fourth-order valence-electron chi connectivity index (χ4n) is 3.70. The van der Waals surface area contributed by atoms with Gasteiger partial charge in [0.15, 0.2) is 5.78 Å². The molecule has 5 heteroatoms. The first kappa shape index (κ1) is 19.7. The van der Waals surface area contributed by atoms with Crippen molar-refractivity contribution < 1.29 is 4.79 Å². The Kier molecular flexibility index (Phi) is 5.99. The van der Waals surface area contributed by atoms with Crippen LogP contribution in [0.2, 0.25) is 5.02 Å². The van der Waals surface area contributed by atoms with Gasteiger partial charge < -0.3 is 0 Å². The molecule has 0 bridgehead atoms. The first-order valence-electron chi connectivity index (χ1n) is 9.60. The molecule has 1 aromatic heterocycles. The number of hydrogen-bond acceptors (Lipinski definition) is 4. The number of nitriles is 1. The van der Waals surface area contributed by atoms with E-state index in [4.69, 9.17) is 16.6 Å². The maximum absolute atomic E-state index is 12.6. The Hall–Kier alpha value is -2.61. The van der Waals surface area contributed by atoms with Gasteiger partial charge in [-0.15, -0.1) is 0 Å². The minimum absolute atomic E-state index is 0.00339. The number of thioether (sulfide) groups is 1. The van der Waals surface area contributed by atoms with E-state index in [2.05, 4.69) is 18.2 Å². The molecule has 0 saturated heterocycles. The van der Waals surface area contributed by atoms with Crippen molar-refractivity contribution in [2.45, 2.75) is 30.7 Å². The van der Waals surface area contributed by atoms with Gasteiger partial charge in [-0.3, -0.25) is 4.79 Å². The quantitative estimate of drug-likeness (QED) is 0.369. The normalized spacial score (nSPS) is 12.8. The summed E-state index contributed by atoms with van der Waals surface area (Å²) in [6.45, 7) is 0. The van der Waals surface area contributed by atoms with Crippen molar-refractivity contribution in [2.24, 2.45) is 0 Å². The van der Waals surface area contributed by atoms with Crippen LogP contribution in [-0.2, 0) is 12.8 Å². The summed E-state index contributed by atoms with van der Waals surface area (Å²) in [7, 11) is 0. The number of fused-ring (bicyclic) bond motifs is 1. The predicted octanol–water partition coefficient (Wildman–Crippen LogP) is 6.13. The van der Waals surface area contributed by atoms with Crippen molar-refractivity contribution in [3.63, 3.8) is 0 Å². The summed E-state index contributed by atoms with van der Waals surface area (Å²) in [5.74, 6) is 0.229. The maximum atomic E-state index is 12.6. The van der Waals surface area contributed by atoms with Crippen LogP contribution < -0.4 is 0 Å². The monoisotopic (exact) mass is 418 g/mol. The van der Waals surface area contributed by atoms with Gasteiger partial charge in [-0.05, 0) is 61.1 Å². The first-order chi connectivity index (χ1) is 14.2. The molecule has 0 spiro atoms. The number of halogens is 1. The van der Waals surface area contributed by atoms with Crippen LogP contribution in [0.1, 0.15) is 39.9 Å². The lowest BCUT2D eigenvalue weighted by Gasteiger charge is -2.22. The molecule has 29 heavy (non-hydrogen) atoms. The summed E-state index contributed by atoms with van der Waals surface area (Å²) < 4.78 is 0. The number of aromatic nitrogens is 1. The van der Waals surface area contributed by atoms with Crippen LogP contribution in [0.5, 0.6) is 0 Å². The molecule has 0 aliphatic heterocycles. The van der Waals surface area contributed by atoms with E-state index < -0.39 is 0 Å². The average molecular weight is 419 g/mol. The maximum Gasteiger partial charge on any atom is 0.173 e. The lowest BCUT2D eigenvalue weighted by molar-refractivity contribution is 0.102. The molecule has 2 aromatic carbocycles. The molecular weight excluding hydrogens is 400 g/mol. The number of carbonyl (C=O) groups is 1. The summed E-state index contributed by atoms with van der Waals surface area (Å²) in [5, 5.41) is 11.1. The predicted molar refractivity (Wildman–Crippen MR) is 118 cm³/mol. The fourth-order valence-corrected chi connectivity index (χ4v) is 4.73. The van der Waals surface area contributed by atoms with Crippen LogP contribution in [0, 0.1) is 11.3 Å². The van der Waals surface area contributed by atoms with Crippen LogP contribution in [-0.4, -0.2) is 16.5 Å². The smallest absolute Gasteiger partial charge is 0.173 e. The second-order valence-corrected chi connectivity index (χ2v) is 8.40. The number of benzene rings is 2. The van der Waals surface area contributed by atoms with Crippen LogP contribution in [0.15, 0.2) is 59.6 Å². The van der Waals surface area contributed by atoms with Crippen molar-refractivity contribution in [1.29, 1.82) is 5.26 Å². The number of hydrogen-bond donors (Lipinski definition) is 0. The molecule has 0 amide bonds. The highest BCUT2D eigenvalue weighted by atomic mass is 35.5. The lowest BCUT2D eigenvalue weighted by atomic mass is 9.86. The molecule has 0 saturated carbocycles. The Morgan fingerprint density at radius 1 is 1.03 bits per heavy atom. The number of carbonyl (C=O) groups excluding carboxylic acids is 1. The zero-order valence-corrected chi connectivity index (χ0v) is 17.4. The van der Waals surface area contributed by atoms with E-state index in [0.717, 1.165) is 42.5 Å². The molecular formula is C24H19ClN2OS. The third-order valence-electron chi connectivity index (χ3n) is 5.15. The summed E-state index contributed by atoms with van der Waals surface area (Å²) in [5.41, 5.74) is 5.54. The van der Waals surface area contributed by atoms with Crippen LogP contribution >= 0.6 is 23.4 Å². The van der Waals surface area contributed by atoms with E-state index in [0.29, 0.717) is 21.2 Å². The highest BCUT2D eigenvalue weighted by Crippen LogP contribution is 2.36. The van der Waals surface area contributed by atoms with Gasteiger partial charge in [0.25, 0.3) is 0 Å². The molecule has 0 fully saturated rings. The summed E-state index contributed by atoms with van der Waals surface area (Å²) in [6.07, 6.45) is 4.02. The van der Waals surface area contributed by atoms with Gasteiger partial charge >= 0.3 is 0 Å². The number of ketones is 1. The van der Waals surface area contributed by atoms with Gasteiger partial charge in [-0.2, -0.15) is 5.26 Å². The first-order valence-corrected chi connectivity index (χ1v) is 11.0. The Labute approximate surface area is 179 Å². The van der Waals surface area contributed by atoms with Crippen molar-refractivity contribution in [3.05, 3.63) is 81.9 Å². The van der Waals surface area contributed by atoms with Gasteiger partial charge in [0.2, 0.25) is 0 Å².